The van der Waals surface area contributed by atoms with Crippen LogP contribution in [0.25, 0.3) is 0 Å². The first kappa shape index (κ1) is 8.14. The fourth-order valence-electron chi connectivity index (χ4n) is 1.85. The van der Waals surface area contributed by atoms with Gasteiger partial charge in [-0.1, -0.05) is 0 Å². The summed E-state index contributed by atoms with van der Waals surface area (Å²) in [5, 5.41) is 5.52. The Morgan fingerprint density at radius 3 is 3.36 bits per heavy atom. The van der Waals surface area contributed by atoms with E-state index >= 15 is 0 Å². The van der Waals surface area contributed by atoms with Gasteiger partial charge < -0.3 is 10.3 Å². The maximum Gasteiger partial charge on any atom is 0.0926 e. The summed E-state index contributed by atoms with van der Waals surface area (Å²) in [6.45, 7) is 0.996. The molecule has 0 saturated carbocycles. The van der Waals surface area contributed by atoms with E-state index in [1.165, 1.54) is 22.8 Å². The lowest BCUT2D eigenvalue weighted by atomic mass is 10.0. The fourth-order valence-corrected chi connectivity index (χ4v) is 2.41. The van der Waals surface area contributed by atoms with Crippen LogP contribution >= 0.6 is 11.5 Å². The molecule has 2 aromatic rings. The number of hydrogen-bond acceptors (Lipinski definition) is 4. The normalized spacial score (nSPS) is 20.7. The third kappa shape index (κ3) is 1.17. The number of nitrogens with one attached hydrogen (secondary N) is 2. The van der Waals surface area contributed by atoms with E-state index in [1.807, 2.05) is 6.20 Å². The Morgan fingerprint density at radius 1 is 1.50 bits per heavy atom. The zero-order valence-electron chi connectivity index (χ0n) is 7.53. The van der Waals surface area contributed by atoms with Crippen LogP contribution in [0.15, 0.2) is 17.9 Å². The van der Waals surface area contributed by atoms with Crippen molar-refractivity contribution in [2.24, 2.45) is 0 Å². The van der Waals surface area contributed by atoms with Crippen molar-refractivity contribution in [2.75, 3.05) is 6.54 Å². The molecule has 0 aromatic carbocycles. The number of rotatable bonds is 1. The molecule has 2 aromatic heterocycles. The molecule has 1 aliphatic heterocycles. The van der Waals surface area contributed by atoms with Crippen LogP contribution in [0.1, 0.15) is 23.0 Å². The first-order valence-corrected chi connectivity index (χ1v) is 5.43. The second kappa shape index (κ2) is 3.18. The number of aromatic nitrogens is 3. The first-order chi connectivity index (χ1) is 6.95. The molecule has 0 bridgehead atoms. The van der Waals surface area contributed by atoms with Crippen LogP contribution in [0.2, 0.25) is 0 Å². The van der Waals surface area contributed by atoms with E-state index < -0.39 is 0 Å². The maximum atomic E-state index is 4.35. The topological polar surface area (TPSA) is 53.6 Å². The minimum atomic E-state index is 0.226. The third-order valence-electron chi connectivity index (χ3n) is 2.53. The summed E-state index contributed by atoms with van der Waals surface area (Å²) in [7, 11) is 0. The molecule has 3 heterocycles. The molecule has 1 atom stereocenters. The molecule has 14 heavy (non-hydrogen) atoms. The van der Waals surface area contributed by atoms with Crippen molar-refractivity contribution in [1.82, 2.24) is 19.7 Å². The van der Waals surface area contributed by atoms with Gasteiger partial charge >= 0.3 is 0 Å². The Labute approximate surface area is 85.6 Å². The number of fused-ring (bicyclic) bond motifs is 1. The van der Waals surface area contributed by atoms with Gasteiger partial charge in [0.05, 0.1) is 18.1 Å². The lowest BCUT2D eigenvalue weighted by Crippen LogP contribution is -2.30. The van der Waals surface area contributed by atoms with Crippen LogP contribution < -0.4 is 5.32 Å². The molecule has 0 radical (unpaired) electrons. The lowest BCUT2D eigenvalue weighted by molar-refractivity contribution is 0.554. The molecule has 0 saturated heterocycles. The van der Waals surface area contributed by atoms with E-state index in [-0.39, 0.29) is 6.04 Å². The van der Waals surface area contributed by atoms with Crippen LogP contribution in [0.4, 0.5) is 0 Å². The molecule has 72 valence electrons. The molecular formula is C9H10N4S. The van der Waals surface area contributed by atoms with Gasteiger partial charge in [0.15, 0.2) is 0 Å². The minimum absolute atomic E-state index is 0.226. The third-order valence-corrected chi connectivity index (χ3v) is 3.14. The zero-order chi connectivity index (χ0) is 9.38. The molecule has 0 aliphatic carbocycles. The minimum Gasteiger partial charge on any atom is -0.348 e. The highest BCUT2D eigenvalue weighted by atomic mass is 32.1. The van der Waals surface area contributed by atoms with Gasteiger partial charge in [0, 0.05) is 35.8 Å². The predicted octanol–water partition coefficient (Wildman–Crippen LogP) is 1.10. The Hall–Kier alpha value is -1.20. The van der Waals surface area contributed by atoms with Gasteiger partial charge in [-0.05, 0) is 11.5 Å². The predicted molar refractivity (Wildman–Crippen MR) is 54.3 cm³/mol. The van der Waals surface area contributed by atoms with E-state index in [9.17, 15) is 0 Å². The van der Waals surface area contributed by atoms with Gasteiger partial charge in [-0.3, -0.25) is 0 Å². The van der Waals surface area contributed by atoms with Crippen molar-refractivity contribution in [1.29, 1.82) is 0 Å². The summed E-state index contributed by atoms with van der Waals surface area (Å²) >= 11 is 1.48. The average molecular weight is 206 g/mol. The molecule has 3 rings (SSSR count). The first-order valence-electron chi connectivity index (χ1n) is 4.60. The Balaban J connectivity index is 2.04. The molecule has 1 unspecified atom stereocenters. The number of aromatic amines is 1. The quantitative estimate of drug-likeness (QED) is 0.734. The summed E-state index contributed by atoms with van der Waals surface area (Å²) < 4.78 is 4.12. The average Bonchev–Trinajstić information content (AvgIpc) is 2.88. The Morgan fingerprint density at radius 2 is 2.50 bits per heavy atom. The smallest absolute Gasteiger partial charge is 0.0926 e. The van der Waals surface area contributed by atoms with Crippen LogP contribution in [-0.4, -0.2) is 20.9 Å². The zero-order valence-corrected chi connectivity index (χ0v) is 8.34. The maximum absolute atomic E-state index is 4.35. The van der Waals surface area contributed by atoms with Gasteiger partial charge in [0.25, 0.3) is 0 Å². The van der Waals surface area contributed by atoms with E-state index in [2.05, 4.69) is 25.0 Å². The van der Waals surface area contributed by atoms with Crippen LogP contribution in [-0.2, 0) is 6.42 Å². The van der Waals surface area contributed by atoms with Crippen molar-refractivity contribution in [2.45, 2.75) is 12.5 Å². The van der Waals surface area contributed by atoms with Crippen molar-refractivity contribution in [3.05, 3.63) is 34.9 Å². The van der Waals surface area contributed by atoms with Gasteiger partial charge in [-0.2, -0.15) is 0 Å². The summed E-state index contributed by atoms with van der Waals surface area (Å²) in [5.74, 6) is 0. The summed E-state index contributed by atoms with van der Waals surface area (Å²) in [4.78, 5) is 7.53. The fraction of sp³-hybridized carbons (Fsp3) is 0.333. The number of H-pyrrole nitrogens is 1. The van der Waals surface area contributed by atoms with Crippen molar-refractivity contribution in [3.8, 4) is 0 Å². The van der Waals surface area contributed by atoms with Gasteiger partial charge in [-0.15, -0.1) is 0 Å². The molecule has 4 nitrogen and oxygen atoms in total. The number of imidazole rings is 1. The number of nitrogens with zero attached hydrogens (tertiary/aromatic N) is 2. The van der Waals surface area contributed by atoms with Gasteiger partial charge in [0.2, 0.25) is 0 Å². The second-order valence-electron chi connectivity index (χ2n) is 3.36. The molecule has 5 heteroatoms. The Kier molecular flexibility index (Phi) is 1.85. The highest BCUT2D eigenvalue weighted by molar-refractivity contribution is 7.03. The second-order valence-corrected chi connectivity index (χ2v) is 4.02. The van der Waals surface area contributed by atoms with Crippen LogP contribution in [0.5, 0.6) is 0 Å². The van der Waals surface area contributed by atoms with Gasteiger partial charge in [0.1, 0.15) is 0 Å². The molecule has 2 N–H and O–H groups in total. The standard InChI is InChI=1S/C9H10N4S/c1-2-10-8(6-3-13-14-4-6)9-7(1)11-5-12-9/h3-5,8,10H,1-2H2,(H,11,12). The molecule has 0 fully saturated rings. The van der Waals surface area contributed by atoms with E-state index in [4.69, 9.17) is 0 Å². The van der Waals surface area contributed by atoms with Crippen molar-refractivity contribution < 1.29 is 0 Å². The van der Waals surface area contributed by atoms with Crippen molar-refractivity contribution in [3.63, 3.8) is 0 Å². The largest absolute Gasteiger partial charge is 0.348 e. The Bertz CT molecular complexity index is 420. The lowest BCUT2D eigenvalue weighted by Gasteiger charge is -2.21. The van der Waals surface area contributed by atoms with E-state index in [0.717, 1.165) is 18.7 Å². The van der Waals surface area contributed by atoms with Gasteiger partial charge in [-0.25, -0.2) is 9.36 Å². The van der Waals surface area contributed by atoms with E-state index in [1.54, 1.807) is 6.33 Å². The SMILES string of the molecule is c1nc2c([nH]1)CCNC2c1cnsc1. The molecule has 1 aliphatic rings. The monoisotopic (exact) mass is 206 g/mol. The molecule has 0 spiro atoms. The summed E-state index contributed by atoms with van der Waals surface area (Å²) in [5.41, 5.74) is 3.58. The summed E-state index contributed by atoms with van der Waals surface area (Å²) in [6.07, 6.45) is 4.71. The summed E-state index contributed by atoms with van der Waals surface area (Å²) in [6, 6.07) is 0.226. The van der Waals surface area contributed by atoms with Crippen molar-refractivity contribution >= 4 is 11.5 Å². The van der Waals surface area contributed by atoms with Crippen LogP contribution in [0.3, 0.4) is 0 Å². The number of hydrogen-bond donors (Lipinski definition) is 2. The molecular weight excluding hydrogens is 196 g/mol. The highest BCUT2D eigenvalue weighted by Gasteiger charge is 2.23. The highest BCUT2D eigenvalue weighted by Crippen LogP contribution is 2.26. The van der Waals surface area contributed by atoms with Crippen LogP contribution in [0, 0.1) is 0 Å². The van der Waals surface area contributed by atoms with E-state index in [0.29, 0.717) is 0 Å². The molecule has 0 amide bonds.